The lowest BCUT2D eigenvalue weighted by atomic mass is 9.97. The van der Waals surface area contributed by atoms with E-state index in [1.54, 1.807) is 12.4 Å². The summed E-state index contributed by atoms with van der Waals surface area (Å²) in [4.78, 5) is 12.8. The molecule has 0 aliphatic heterocycles. The Kier molecular flexibility index (Phi) is 2.63. The zero-order valence-corrected chi connectivity index (χ0v) is 10.3. The van der Waals surface area contributed by atoms with Gasteiger partial charge in [-0.1, -0.05) is 0 Å². The zero-order chi connectivity index (χ0) is 12.6. The second-order valence-electron chi connectivity index (χ2n) is 5.07. The summed E-state index contributed by atoms with van der Waals surface area (Å²) >= 11 is 0. The monoisotopic (exact) mass is 244 g/mol. The van der Waals surface area contributed by atoms with Gasteiger partial charge in [-0.05, 0) is 37.8 Å². The Bertz CT molecular complexity index is 570. The van der Waals surface area contributed by atoms with Crippen LogP contribution in [-0.2, 0) is 0 Å². The van der Waals surface area contributed by atoms with Crippen LogP contribution >= 0.6 is 0 Å². The first-order valence-electron chi connectivity index (χ1n) is 6.18. The fourth-order valence-corrected chi connectivity index (χ4v) is 2.21. The third kappa shape index (κ3) is 2.01. The standard InChI is InChI=1S/C13H16N4O/c1-13(8-18,9-2-3-9)17-11-5-4-10-12(16-11)15-7-6-14-10/h4-7,9,18H,2-3,8H2,1H3,(H,15,16,17). The number of fused-ring (bicyclic) bond motifs is 1. The molecule has 1 fully saturated rings. The number of aromatic nitrogens is 3. The molecule has 0 saturated heterocycles. The summed E-state index contributed by atoms with van der Waals surface area (Å²) in [6.07, 6.45) is 5.61. The van der Waals surface area contributed by atoms with Crippen molar-refractivity contribution >= 4 is 17.0 Å². The van der Waals surface area contributed by atoms with E-state index in [9.17, 15) is 5.11 Å². The van der Waals surface area contributed by atoms with E-state index in [0.717, 1.165) is 24.2 Å². The van der Waals surface area contributed by atoms with Crippen LogP contribution in [0.3, 0.4) is 0 Å². The van der Waals surface area contributed by atoms with Gasteiger partial charge in [0.15, 0.2) is 5.65 Å². The molecule has 2 aromatic heterocycles. The van der Waals surface area contributed by atoms with Crippen molar-refractivity contribution in [2.24, 2.45) is 5.92 Å². The molecule has 5 heteroatoms. The Labute approximate surface area is 105 Å². The van der Waals surface area contributed by atoms with Gasteiger partial charge in [-0.3, -0.25) is 4.98 Å². The predicted octanol–water partition coefficient (Wildman–Crippen LogP) is 1.60. The largest absolute Gasteiger partial charge is 0.394 e. The highest BCUT2D eigenvalue weighted by atomic mass is 16.3. The van der Waals surface area contributed by atoms with Crippen molar-refractivity contribution in [3.8, 4) is 0 Å². The van der Waals surface area contributed by atoms with E-state index in [-0.39, 0.29) is 12.1 Å². The van der Waals surface area contributed by atoms with E-state index in [1.807, 2.05) is 19.1 Å². The van der Waals surface area contributed by atoms with Crippen LogP contribution in [0, 0.1) is 5.92 Å². The summed E-state index contributed by atoms with van der Waals surface area (Å²) in [6.45, 7) is 2.14. The smallest absolute Gasteiger partial charge is 0.180 e. The van der Waals surface area contributed by atoms with E-state index in [1.165, 1.54) is 0 Å². The molecule has 2 heterocycles. The van der Waals surface area contributed by atoms with E-state index < -0.39 is 0 Å². The van der Waals surface area contributed by atoms with Gasteiger partial charge in [-0.15, -0.1) is 0 Å². The minimum atomic E-state index is -0.289. The number of pyridine rings is 1. The molecule has 1 aliphatic carbocycles. The van der Waals surface area contributed by atoms with E-state index in [4.69, 9.17) is 0 Å². The second-order valence-corrected chi connectivity index (χ2v) is 5.07. The van der Waals surface area contributed by atoms with E-state index in [2.05, 4.69) is 20.3 Å². The first kappa shape index (κ1) is 11.3. The van der Waals surface area contributed by atoms with Crippen LogP contribution in [0.1, 0.15) is 19.8 Å². The lowest BCUT2D eigenvalue weighted by Gasteiger charge is -2.29. The number of aliphatic hydroxyl groups is 1. The summed E-state index contributed by atoms with van der Waals surface area (Å²) < 4.78 is 0. The van der Waals surface area contributed by atoms with Crippen molar-refractivity contribution < 1.29 is 5.11 Å². The van der Waals surface area contributed by atoms with Gasteiger partial charge >= 0.3 is 0 Å². The van der Waals surface area contributed by atoms with Crippen LogP contribution in [0.25, 0.3) is 11.2 Å². The zero-order valence-electron chi connectivity index (χ0n) is 10.3. The van der Waals surface area contributed by atoms with Gasteiger partial charge in [-0.25, -0.2) is 9.97 Å². The Morgan fingerprint density at radius 2 is 2.11 bits per heavy atom. The number of nitrogens with one attached hydrogen (secondary N) is 1. The molecular weight excluding hydrogens is 228 g/mol. The third-order valence-corrected chi connectivity index (χ3v) is 3.55. The van der Waals surface area contributed by atoms with Crippen molar-refractivity contribution in [3.63, 3.8) is 0 Å². The maximum absolute atomic E-state index is 9.55. The maximum atomic E-state index is 9.55. The summed E-state index contributed by atoms with van der Waals surface area (Å²) in [5.74, 6) is 1.27. The van der Waals surface area contributed by atoms with Crippen LogP contribution in [0.15, 0.2) is 24.5 Å². The van der Waals surface area contributed by atoms with Crippen molar-refractivity contribution in [2.45, 2.75) is 25.3 Å². The highest BCUT2D eigenvalue weighted by Crippen LogP contribution is 2.40. The maximum Gasteiger partial charge on any atom is 0.180 e. The lowest BCUT2D eigenvalue weighted by Crippen LogP contribution is -2.41. The first-order chi connectivity index (χ1) is 8.71. The van der Waals surface area contributed by atoms with Gasteiger partial charge in [-0.2, -0.15) is 0 Å². The molecule has 1 unspecified atom stereocenters. The normalized spacial score (nSPS) is 18.6. The number of hydrogen-bond acceptors (Lipinski definition) is 5. The molecule has 3 rings (SSSR count). The molecule has 2 N–H and O–H groups in total. The van der Waals surface area contributed by atoms with Crippen molar-refractivity contribution in [1.29, 1.82) is 0 Å². The van der Waals surface area contributed by atoms with Gasteiger partial charge in [0.1, 0.15) is 11.3 Å². The second kappa shape index (κ2) is 4.17. The van der Waals surface area contributed by atoms with Crippen molar-refractivity contribution in [3.05, 3.63) is 24.5 Å². The Hall–Kier alpha value is -1.75. The van der Waals surface area contributed by atoms with Gasteiger partial charge in [0, 0.05) is 12.4 Å². The average molecular weight is 244 g/mol. The molecule has 18 heavy (non-hydrogen) atoms. The summed E-state index contributed by atoms with van der Waals surface area (Å²) in [6, 6.07) is 3.77. The van der Waals surface area contributed by atoms with Gasteiger partial charge in [0.25, 0.3) is 0 Å². The van der Waals surface area contributed by atoms with Crippen LogP contribution in [0.2, 0.25) is 0 Å². The fourth-order valence-electron chi connectivity index (χ4n) is 2.21. The SMILES string of the molecule is CC(CO)(Nc1ccc2nccnc2n1)C1CC1. The topological polar surface area (TPSA) is 70.9 Å². The summed E-state index contributed by atoms with van der Waals surface area (Å²) in [5.41, 5.74) is 1.11. The minimum Gasteiger partial charge on any atom is -0.394 e. The molecular formula is C13H16N4O. The molecule has 1 saturated carbocycles. The third-order valence-electron chi connectivity index (χ3n) is 3.55. The quantitative estimate of drug-likeness (QED) is 0.854. The molecule has 94 valence electrons. The Balaban J connectivity index is 1.90. The molecule has 5 nitrogen and oxygen atoms in total. The highest BCUT2D eigenvalue weighted by molar-refractivity contribution is 5.71. The molecule has 0 spiro atoms. The predicted molar refractivity (Wildman–Crippen MR) is 69.2 cm³/mol. The van der Waals surface area contributed by atoms with Crippen molar-refractivity contribution in [2.75, 3.05) is 11.9 Å². The number of aliphatic hydroxyl groups excluding tert-OH is 1. The Morgan fingerprint density at radius 3 is 2.83 bits per heavy atom. The molecule has 0 aromatic carbocycles. The van der Waals surface area contributed by atoms with E-state index in [0.29, 0.717) is 11.6 Å². The molecule has 2 aromatic rings. The van der Waals surface area contributed by atoms with Crippen LogP contribution < -0.4 is 5.32 Å². The average Bonchev–Trinajstić information content (AvgIpc) is 3.23. The highest BCUT2D eigenvalue weighted by Gasteiger charge is 2.41. The summed E-state index contributed by atoms with van der Waals surface area (Å²) in [5, 5.41) is 12.9. The van der Waals surface area contributed by atoms with Gasteiger partial charge < -0.3 is 10.4 Å². The van der Waals surface area contributed by atoms with Crippen LogP contribution in [0.5, 0.6) is 0 Å². The van der Waals surface area contributed by atoms with E-state index >= 15 is 0 Å². The number of anilines is 1. The van der Waals surface area contributed by atoms with Crippen LogP contribution in [-0.4, -0.2) is 32.2 Å². The van der Waals surface area contributed by atoms with Gasteiger partial charge in [0.2, 0.25) is 0 Å². The molecule has 0 amide bonds. The molecule has 1 aliphatic rings. The van der Waals surface area contributed by atoms with Gasteiger partial charge in [0.05, 0.1) is 12.1 Å². The lowest BCUT2D eigenvalue weighted by molar-refractivity contribution is 0.206. The fraction of sp³-hybridized carbons (Fsp3) is 0.462. The Morgan fingerprint density at radius 1 is 1.33 bits per heavy atom. The number of rotatable bonds is 4. The number of nitrogens with zero attached hydrogens (tertiary/aromatic N) is 3. The minimum absolute atomic E-state index is 0.109. The van der Waals surface area contributed by atoms with Crippen LogP contribution in [0.4, 0.5) is 5.82 Å². The number of hydrogen-bond donors (Lipinski definition) is 2. The summed E-state index contributed by atoms with van der Waals surface area (Å²) in [7, 11) is 0. The molecule has 1 atom stereocenters. The van der Waals surface area contributed by atoms with Crippen molar-refractivity contribution in [1.82, 2.24) is 15.0 Å². The first-order valence-corrected chi connectivity index (χ1v) is 6.18. The molecule has 0 radical (unpaired) electrons. The molecule has 0 bridgehead atoms.